The molecule has 0 radical (unpaired) electrons. The zero-order valence-electron chi connectivity index (χ0n) is 15.3. The van der Waals surface area contributed by atoms with Crippen molar-refractivity contribution in [2.45, 2.75) is 51.9 Å². The quantitative estimate of drug-likeness (QED) is 0.596. The molecule has 1 aliphatic rings. The number of aliphatic carboxylic acids is 1. The number of hydrogen-bond donors (Lipinski definition) is 1. The fourth-order valence-corrected chi connectivity index (χ4v) is 4.36. The van der Waals surface area contributed by atoms with Crippen LogP contribution >= 0.6 is 11.3 Å². The highest BCUT2D eigenvalue weighted by Crippen LogP contribution is 2.49. The first-order chi connectivity index (χ1) is 12.6. The molecule has 1 N–H and O–H groups in total. The van der Waals surface area contributed by atoms with E-state index in [1.54, 1.807) is 25.1 Å². The van der Waals surface area contributed by atoms with Gasteiger partial charge in [-0.3, -0.25) is 14.4 Å². The van der Waals surface area contributed by atoms with Crippen molar-refractivity contribution in [2.24, 2.45) is 0 Å². The number of fused-ring (bicyclic) bond motifs is 1. The Hall–Kier alpha value is -2.68. The molecule has 0 fully saturated rings. The number of allylic oxidation sites excluding steroid dienone is 1. The smallest absolute Gasteiger partial charge is 0.353 e. The lowest BCUT2D eigenvalue weighted by Gasteiger charge is -2.39. The summed E-state index contributed by atoms with van der Waals surface area (Å²) in [6.45, 7) is 5.26. The second-order valence-corrected chi connectivity index (χ2v) is 7.15. The number of thiophene rings is 1. The van der Waals surface area contributed by atoms with Gasteiger partial charge in [0.2, 0.25) is 5.60 Å². The third-order valence-corrected chi connectivity index (χ3v) is 5.07. The van der Waals surface area contributed by atoms with E-state index in [0.29, 0.717) is 9.75 Å². The highest BCUT2D eigenvalue weighted by Gasteiger charge is 2.56. The summed E-state index contributed by atoms with van der Waals surface area (Å²) in [6, 6.07) is 1.58. The summed E-state index contributed by atoms with van der Waals surface area (Å²) < 4.78 is 15.8. The fraction of sp³-hybridized carbons (Fsp3) is 0.444. The van der Waals surface area contributed by atoms with E-state index >= 15 is 0 Å². The number of carbonyl (C=O) groups excluding carboxylic acids is 3. The molecule has 0 amide bonds. The predicted octanol–water partition coefficient (Wildman–Crippen LogP) is 2.56. The molecule has 1 aromatic rings. The van der Waals surface area contributed by atoms with E-state index in [-0.39, 0.29) is 12.0 Å². The fourth-order valence-electron chi connectivity index (χ4n) is 3.08. The molecule has 9 heteroatoms. The van der Waals surface area contributed by atoms with E-state index in [1.165, 1.54) is 18.3 Å². The highest BCUT2D eigenvalue weighted by molar-refractivity contribution is 7.13. The summed E-state index contributed by atoms with van der Waals surface area (Å²) in [5.41, 5.74) is -1.84. The molecule has 2 rings (SSSR count). The van der Waals surface area contributed by atoms with E-state index in [2.05, 4.69) is 0 Å². The Morgan fingerprint density at radius 1 is 1.15 bits per heavy atom. The van der Waals surface area contributed by atoms with Crippen molar-refractivity contribution >= 4 is 41.3 Å². The molecule has 146 valence electrons. The van der Waals surface area contributed by atoms with Gasteiger partial charge in [0.25, 0.3) is 0 Å². The number of esters is 3. The van der Waals surface area contributed by atoms with Gasteiger partial charge in [0.15, 0.2) is 6.10 Å². The third-order valence-electron chi connectivity index (χ3n) is 3.90. The molecule has 1 aliphatic carbocycles. The number of hydrogen-bond acceptors (Lipinski definition) is 8. The normalized spacial score (nSPS) is 24.1. The van der Waals surface area contributed by atoms with Gasteiger partial charge in [-0.25, -0.2) is 4.79 Å². The lowest BCUT2D eigenvalue weighted by atomic mass is 9.79. The topological polar surface area (TPSA) is 116 Å². The Labute approximate surface area is 159 Å². The largest absolute Gasteiger partial charge is 0.478 e. The maximum atomic E-state index is 12.2. The average Bonchev–Trinajstić information content (AvgIpc) is 2.94. The number of carbonyl (C=O) groups is 4. The average molecular weight is 396 g/mol. The van der Waals surface area contributed by atoms with Crippen LogP contribution in [0.25, 0.3) is 6.08 Å². The van der Waals surface area contributed by atoms with Crippen molar-refractivity contribution in [1.29, 1.82) is 0 Å². The number of ether oxygens (including phenoxy) is 3. The first-order valence-electron chi connectivity index (χ1n) is 8.15. The van der Waals surface area contributed by atoms with E-state index in [4.69, 9.17) is 14.2 Å². The van der Waals surface area contributed by atoms with Gasteiger partial charge in [-0.15, -0.1) is 11.3 Å². The Bertz CT molecular complexity index is 808. The van der Waals surface area contributed by atoms with Crippen LogP contribution in [0.2, 0.25) is 0 Å². The van der Waals surface area contributed by atoms with Crippen LogP contribution in [0.4, 0.5) is 0 Å². The van der Waals surface area contributed by atoms with Crippen LogP contribution in [0.5, 0.6) is 0 Å². The SMILES string of the molecule is CC=Cc1cc2c(s1)[C@@H](OC(C)=O)[C@H](OC(C)=O)C[C@]2(OC(C)=O)C(=O)O. The van der Waals surface area contributed by atoms with Crippen LogP contribution in [-0.4, -0.2) is 35.1 Å². The van der Waals surface area contributed by atoms with Crippen molar-refractivity contribution in [3.05, 3.63) is 27.5 Å². The summed E-state index contributed by atoms with van der Waals surface area (Å²) in [4.78, 5) is 48.0. The van der Waals surface area contributed by atoms with Crippen molar-refractivity contribution in [2.75, 3.05) is 0 Å². The van der Waals surface area contributed by atoms with Crippen LogP contribution in [0.15, 0.2) is 12.1 Å². The van der Waals surface area contributed by atoms with Gasteiger partial charge >= 0.3 is 23.9 Å². The molecule has 0 saturated heterocycles. The molecule has 8 nitrogen and oxygen atoms in total. The molecule has 1 heterocycles. The summed E-state index contributed by atoms with van der Waals surface area (Å²) >= 11 is 1.18. The van der Waals surface area contributed by atoms with Crippen molar-refractivity contribution in [1.82, 2.24) is 0 Å². The Kier molecular flexibility index (Phi) is 6.04. The van der Waals surface area contributed by atoms with Crippen molar-refractivity contribution in [3.8, 4) is 0 Å². The van der Waals surface area contributed by atoms with E-state index in [9.17, 15) is 24.3 Å². The number of carboxylic acids is 1. The minimum atomic E-state index is -2.05. The van der Waals surface area contributed by atoms with Crippen molar-refractivity contribution in [3.63, 3.8) is 0 Å². The van der Waals surface area contributed by atoms with E-state index in [1.807, 2.05) is 0 Å². The summed E-state index contributed by atoms with van der Waals surface area (Å²) in [5.74, 6) is -3.48. The van der Waals surface area contributed by atoms with Gasteiger partial charge < -0.3 is 19.3 Å². The van der Waals surface area contributed by atoms with Crippen molar-refractivity contribution < 1.29 is 38.5 Å². The Morgan fingerprint density at radius 2 is 1.78 bits per heavy atom. The van der Waals surface area contributed by atoms with Gasteiger partial charge in [0.1, 0.15) is 6.10 Å². The first kappa shape index (κ1) is 20.6. The Balaban J connectivity index is 2.72. The summed E-state index contributed by atoms with van der Waals surface area (Å²) in [7, 11) is 0. The highest BCUT2D eigenvalue weighted by atomic mass is 32.1. The lowest BCUT2D eigenvalue weighted by molar-refractivity contribution is -0.195. The van der Waals surface area contributed by atoms with E-state index < -0.39 is 41.7 Å². The van der Waals surface area contributed by atoms with Crippen LogP contribution < -0.4 is 0 Å². The van der Waals surface area contributed by atoms with Gasteiger partial charge in [-0.05, 0) is 19.1 Å². The van der Waals surface area contributed by atoms with Gasteiger partial charge in [0.05, 0.1) is 4.88 Å². The predicted molar refractivity (Wildman–Crippen MR) is 94.8 cm³/mol. The Morgan fingerprint density at radius 3 is 2.26 bits per heavy atom. The van der Waals surface area contributed by atoms with Gasteiger partial charge in [0, 0.05) is 37.6 Å². The molecule has 0 aliphatic heterocycles. The maximum absolute atomic E-state index is 12.2. The first-order valence-corrected chi connectivity index (χ1v) is 8.96. The zero-order chi connectivity index (χ0) is 20.4. The summed E-state index contributed by atoms with van der Waals surface area (Å²) in [5, 5.41) is 9.90. The van der Waals surface area contributed by atoms with Crippen LogP contribution in [0, 0.1) is 0 Å². The maximum Gasteiger partial charge on any atom is 0.353 e. The van der Waals surface area contributed by atoms with Crippen LogP contribution in [0.1, 0.15) is 55.5 Å². The molecule has 1 aromatic heterocycles. The zero-order valence-corrected chi connectivity index (χ0v) is 16.1. The molecule has 0 spiro atoms. The summed E-state index contributed by atoms with van der Waals surface area (Å²) in [6.07, 6.45) is 1.02. The van der Waals surface area contributed by atoms with E-state index in [0.717, 1.165) is 13.8 Å². The van der Waals surface area contributed by atoms with Crippen LogP contribution in [0.3, 0.4) is 0 Å². The molecular weight excluding hydrogens is 376 g/mol. The second kappa shape index (κ2) is 7.91. The number of rotatable bonds is 5. The molecular formula is C18H20O8S. The molecule has 27 heavy (non-hydrogen) atoms. The third kappa shape index (κ3) is 4.19. The van der Waals surface area contributed by atoms with Crippen LogP contribution in [-0.2, 0) is 39.0 Å². The second-order valence-electron chi connectivity index (χ2n) is 6.03. The molecule has 0 bridgehead atoms. The molecule has 0 unspecified atom stereocenters. The minimum Gasteiger partial charge on any atom is -0.478 e. The standard InChI is InChI=1S/C18H20O8S/c1-5-6-12-7-13-16(27-12)15(25-10(3)20)14(24-9(2)19)8-18(13,17(22)23)26-11(4)21/h5-7,14-15H,8H2,1-4H3,(H,22,23)/t14-,15+,18-/m1/s1. The van der Waals surface area contributed by atoms with Gasteiger partial charge in [-0.2, -0.15) is 0 Å². The molecule has 0 aromatic carbocycles. The van der Waals surface area contributed by atoms with Gasteiger partial charge in [-0.1, -0.05) is 6.08 Å². The molecule has 3 atom stereocenters. The lowest BCUT2D eigenvalue weighted by Crippen LogP contribution is -2.49. The molecule has 0 saturated carbocycles. The number of carboxylic acid groups (broad SMARTS) is 1. The minimum absolute atomic E-state index is 0.206. The monoisotopic (exact) mass is 396 g/mol.